The fraction of sp³-hybridized carbons (Fsp3) is 0.133. The number of urea groups is 1. The molecular weight excluding hydrogens is 322 g/mol. The molecule has 2 aromatic rings. The average Bonchev–Trinajstić information content (AvgIpc) is 2.54. The van der Waals surface area contributed by atoms with Crippen LogP contribution in [0.2, 0.25) is 0 Å². The summed E-state index contributed by atoms with van der Waals surface area (Å²) in [7, 11) is 0. The number of aromatic nitrogens is 1. The third-order valence-corrected chi connectivity index (χ3v) is 2.88. The van der Waals surface area contributed by atoms with E-state index in [1.807, 2.05) is 0 Å². The zero-order chi connectivity index (χ0) is 17.5. The number of pyridine rings is 1. The van der Waals surface area contributed by atoms with Crippen LogP contribution in [-0.4, -0.2) is 35.1 Å². The molecule has 0 atom stereocenters. The lowest BCUT2D eigenvalue weighted by atomic mass is 10.3. The summed E-state index contributed by atoms with van der Waals surface area (Å²) in [5.74, 6) is -2.50. The van der Waals surface area contributed by atoms with E-state index in [0.29, 0.717) is 6.07 Å². The fourth-order valence-corrected chi connectivity index (χ4v) is 1.76. The predicted molar refractivity (Wildman–Crippen MR) is 81.6 cm³/mol. The number of hydrogen-bond acceptors (Lipinski definition) is 4. The van der Waals surface area contributed by atoms with Gasteiger partial charge in [0, 0.05) is 25.4 Å². The first-order valence-electron chi connectivity index (χ1n) is 6.89. The summed E-state index contributed by atoms with van der Waals surface area (Å²) in [5, 5.41) is 16.5. The summed E-state index contributed by atoms with van der Waals surface area (Å²) in [6, 6.07) is 4.84. The van der Waals surface area contributed by atoms with Crippen LogP contribution in [-0.2, 0) is 0 Å². The lowest BCUT2D eigenvalue weighted by molar-refractivity contribution is 0.0946. The summed E-state index contributed by atoms with van der Waals surface area (Å²) in [6.07, 6.45) is 1.36. The Hall–Kier alpha value is -3.23. The molecule has 2 rings (SSSR count). The standard InChI is InChI=1S/C15H14F2N4O3/c16-9-3-4-11(10(17)8-9)21-15(24)20-7-6-19-14(23)13-12(22)2-1-5-18-13/h1-5,8,22H,6-7H2,(H,19,23)(H2,20,21,24). The Morgan fingerprint density at radius 2 is 1.88 bits per heavy atom. The van der Waals surface area contributed by atoms with Crippen molar-refractivity contribution >= 4 is 17.6 Å². The van der Waals surface area contributed by atoms with Gasteiger partial charge in [0.2, 0.25) is 0 Å². The van der Waals surface area contributed by atoms with Gasteiger partial charge in [0.25, 0.3) is 5.91 Å². The largest absolute Gasteiger partial charge is 0.505 e. The number of rotatable bonds is 5. The Balaban J connectivity index is 1.75. The fourth-order valence-electron chi connectivity index (χ4n) is 1.76. The van der Waals surface area contributed by atoms with Crippen LogP contribution in [0.5, 0.6) is 5.75 Å². The molecule has 7 nitrogen and oxygen atoms in total. The molecule has 0 saturated carbocycles. The van der Waals surface area contributed by atoms with Crippen LogP contribution in [0.4, 0.5) is 19.3 Å². The van der Waals surface area contributed by atoms with Crippen molar-refractivity contribution in [1.29, 1.82) is 0 Å². The van der Waals surface area contributed by atoms with Crippen molar-refractivity contribution in [2.75, 3.05) is 18.4 Å². The van der Waals surface area contributed by atoms with Crippen molar-refractivity contribution < 1.29 is 23.5 Å². The number of nitrogens with zero attached hydrogens (tertiary/aromatic N) is 1. The van der Waals surface area contributed by atoms with Crippen molar-refractivity contribution in [3.8, 4) is 5.75 Å². The summed E-state index contributed by atoms with van der Waals surface area (Å²) in [4.78, 5) is 27.0. The van der Waals surface area contributed by atoms with Gasteiger partial charge in [-0.15, -0.1) is 0 Å². The molecule has 0 fully saturated rings. The number of amides is 3. The minimum atomic E-state index is -0.899. The molecule has 0 unspecified atom stereocenters. The second kappa shape index (κ2) is 7.86. The van der Waals surface area contributed by atoms with Crippen molar-refractivity contribution in [2.24, 2.45) is 0 Å². The summed E-state index contributed by atoms with van der Waals surface area (Å²) in [6.45, 7) is 0.113. The van der Waals surface area contributed by atoms with Gasteiger partial charge < -0.3 is 21.1 Å². The van der Waals surface area contributed by atoms with Crippen LogP contribution in [0.15, 0.2) is 36.5 Å². The molecule has 1 aromatic heterocycles. The lowest BCUT2D eigenvalue weighted by Crippen LogP contribution is -2.37. The van der Waals surface area contributed by atoms with E-state index in [9.17, 15) is 23.5 Å². The highest BCUT2D eigenvalue weighted by Crippen LogP contribution is 2.14. The minimum Gasteiger partial charge on any atom is -0.505 e. The van der Waals surface area contributed by atoms with E-state index >= 15 is 0 Å². The third kappa shape index (κ3) is 4.63. The smallest absolute Gasteiger partial charge is 0.319 e. The molecule has 0 aliphatic rings. The zero-order valence-electron chi connectivity index (χ0n) is 12.3. The van der Waals surface area contributed by atoms with E-state index in [0.717, 1.165) is 12.1 Å². The molecule has 0 radical (unpaired) electrons. The van der Waals surface area contributed by atoms with E-state index < -0.39 is 23.6 Å². The van der Waals surface area contributed by atoms with E-state index in [1.165, 1.54) is 18.3 Å². The Morgan fingerprint density at radius 1 is 1.12 bits per heavy atom. The molecule has 4 N–H and O–H groups in total. The van der Waals surface area contributed by atoms with Crippen molar-refractivity contribution in [3.63, 3.8) is 0 Å². The molecule has 1 aromatic carbocycles. The van der Waals surface area contributed by atoms with Gasteiger partial charge in [-0.1, -0.05) is 0 Å². The van der Waals surface area contributed by atoms with Gasteiger partial charge >= 0.3 is 6.03 Å². The van der Waals surface area contributed by atoms with Gasteiger partial charge in [0.1, 0.15) is 17.4 Å². The van der Waals surface area contributed by atoms with Crippen molar-refractivity contribution in [2.45, 2.75) is 0 Å². The van der Waals surface area contributed by atoms with Gasteiger partial charge in [-0.3, -0.25) is 4.79 Å². The first kappa shape index (κ1) is 17.1. The van der Waals surface area contributed by atoms with Gasteiger partial charge in [0.05, 0.1) is 5.69 Å². The number of halogens is 2. The minimum absolute atomic E-state index is 0.0496. The van der Waals surface area contributed by atoms with Crippen LogP contribution in [0.25, 0.3) is 0 Å². The first-order chi connectivity index (χ1) is 11.5. The Labute approximate surface area is 135 Å². The molecular formula is C15H14F2N4O3. The van der Waals surface area contributed by atoms with Crippen LogP contribution in [0.3, 0.4) is 0 Å². The molecule has 0 bridgehead atoms. The molecule has 1 heterocycles. The SMILES string of the molecule is O=C(NCCNC(=O)c1ncccc1O)Nc1ccc(F)cc1F. The molecule has 0 aliphatic heterocycles. The summed E-state index contributed by atoms with van der Waals surface area (Å²) in [5.41, 5.74) is -0.299. The highest BCUT2D eigenvalue weighted by Gasteiger charge is 2.11. The molecule has 3 amide bonds. The number of benzene rings is 1. The molecule has 0 aliphatic carbocycles. The molecule has 24 heavy (non-hydrogen) atoms. The maximum absolute atomic E-state index is 13.4. The monoisotopic (exact) mass is 336 g/mol. The lowest BCUT2D eigenvalue weighted by Gasteiger charge is -2.09. The van der Waals surface area contributed by atoms with Crippen molar-refractivity contribution in [3.05, 3.63) is 53.9 Å². The zero-order valence-corrected chi connectivity index (χ0v) is 12.3. The number of carbonyl (C=O) groups is 2. The van der Waals surface area contributed by atoms with Crippen molar-refractivity contribution in [1.82, 2.24) is 15.6 Å². The highest BCUT2D eigenvalue weighted by molar-refractivity contribution is 5.94. The summed E-state index contributed by atoms with van der Waals surface area (Å²) >= 11 is 0. The van der Waals surface area contributed by atoms with Crippen LogP contribution in [0, 0.1) is 11.6 Å². The van der Waals surface area contributed by atoms with Gasteiger partial charge in [-0.2, -0.15) is 0 Å². The van der Waals surface area contributed by atoms with E-state index in [-0.39, 0.29) is 30.2 Å². The average molecular weight is 336 g/mol. The number of aromatic hydroxyl groups is 1. The number of hydrogen-bond donors (Lipinski definition) is 4. The van der Waals surface area contributed by atoms with E-state index in [4.69, 9.17) is 0 Å². The predicted octanol–water partition coefficient (Wildman–Crippen LogP) is 1.62. The first-order valence-corrected chi connectivity index (χ1v) is 6.89. The second-order valence-corrected chi connectivity index (χ2v) is 4.63. The van der Waals surface area contributed by atoms with Crippen LogP contribution in [0.1, 0.15) is 10.5 Å². The number of anilines is 1. The normalized spacial score (nSPS) is 10.1. The van der Waals surface area contributed by atoms with Gasteiger partial charge in [0.15, 0.2) is 5.69 Å². The Morgan fingerprint density at radius 3 is 2.58 bits per heavy atom. The number of carbonyl (C=O) groups excluding carboxylic acids is 2. The third-order valence-electron chi connectivity index (χ3n) is 2.88. The van der Waals surface area contributed by atoms with E-state index in [1.54, 1.807) is 0 Å². The van der Waals surface area contributed by atoms with E-state index in [2.05, 4.69) is 20.9 Å². The molecule has 126 valence electrons. The van der Waals surface area contributed by atoms with Gasteiger partial charge in [-0.05, 0) is 24.3 Å². The Bertz CT molecular complexity index is 755. The number of nitrogens with one attached hydrogen (secondary N) is 3. The summed E-state index contributed by atoms with van der Waals surface area (Å²) < 4.78 is 26.1. The molecule has 0 spiro atoms. The van der Waals surface area contributed by atoms with Crippen LogP contribution < -0.4 is 16.0 Å². The topological polar surface area (TPSA) is 103 Å². The second-order valence-electron chi connectivity index (χ2n) is 4.63. The maximum Gasteiger partial charge on any atom is 0.319 e. The molecule has 0 saturated heterocycles. The highest BCUT2D eigenvalue weighted by atomic mass is 19.1. The van der Waals surface area contributed by atoms with Crippen LogP contribution >= 0.6 is 0 Å². The Kier molecular flexibility index (Phi) is 5.61. The maximum atomic E-state index is 13.4. The van der Waals surface area contributed by atoms with Gasteiger partial charge in [-0.25, -0.2) is 18.6 Å². The quantitative estimate of drug-likeness (QED) is 0.623. The molecule has 9 heteroatoms.